The molecule has 0 saturated carbocycles. The zero-order valence-electron chi connectivity index (χ0n) is 13.8. The van der Waals surface area contributed by atoms with Gasteiger partial charge in [0.05, 0.1) is 32.3 Å². The summed E-state index contributed by atoms with van der Waals surface area (Å²) in [4.78, 5) is 1.67. The van der Waals surface area contributed by atoms with Gasteiger partial charge in [-0.15, -0.1) is 0 Å². The lowest BCUT2D eigenvalue weighted by Gasteiger charge is -2.34. The van der Waals surface area contributed by atoms with E-state index in [0.29, 0.717) is 19.6 Å². The van der Waals surface area contributed by atoms with Crippen molar-refractivity contribution in [1.29, 1.82) is 0 Å². The molecule has 1 aliphatic heterocycles. The van der Waals surface area contributed by atoms with Gasteiger partial charge in [-0.1, -0.05) is 12.1 Å². The highest BCUT2D eigenvalue weighted by Gasteiger charge is 2.41. The van der Waals surface area contributed by atoms with Crippen molar-refractivity contribution in [3.05, 3.63) is 29.8 Å². The molecule has 0 unspecified atom stereocenters. The second-order valence-corrected chi connectivity index (χ2v) is 6.16. The van der Waals surface area contributed by atoms with Crippen molar-refractivity contribution >= 4 is 0 Å². The van der Waals surface area contributed by atoms with Crippen molar-refractivity contribution in [2.75, 3.05) is 33.4 Å². The summed E-state index contributed by atoms with van der Waals surface area (Å²) >= 11 is 0. The Morgan fingerprint density at radius 2 is 2.17 bits per heavy atom. The van der Waals surface area contributed by atoms with Crippen LogP contribution in [0.25, 0.3) is 0 Å². The molecular formula is C17H24F3NO3. The molecule has 1 saturated heterocycles. The molecule has 0 bridgehead atoms. The van der Waals surface area contributed by atoms with Gasteiger partial charge in [-0.05, 0) is 37.1 Å². The van der Waals surface area contributed by atoms with Crippen LogP contribution in [-0.4, -0.2) is 55.6 Å². The van der Waals surface area contributed by atoms with Crippen LogP contribution in [0.1, 0.15) is 18.4 Å². The quantitative estimate of drug-likeness (QED) is 0.824. The molecule has 0 amide bonds. The minimum Gasteiger partial charge on any atom is -0.497 e. The van der Waals surface area contributed by atoms with Crippen LogP contribution in [0, 0.1) is 5.92 Å². The Balaban J connectivity index is 1.72. The third-order valence-electron chi connectivity index (χ3n) is 4.15. The topological polar surface area (TPSA) is 41.9 Å². The highest BCUT2D eigenvalue weighted by molar-refractivity contribution is 5.27. The molecule has 1 fully saturated rings. The molecule has 1 N–H and O–H groups in total. The minimum atomic E-state index is -4.16. The van der Waals surface area contributed by atoms with Crippen LogP contribution >= 0.6 is 0 Å². The van der Waals surface area contributed by atoms with Gasteiger partial charge in [0.25, 0.3) is 0 Å². The molecular weight excluding hydrogens is 323 g/mol. The summed E-state index contributed by atoms with van der Waals surface area (Å²) < 4.78 is 48.9. The molecule has 24 heavy (non-hydrogen) atoms. The fraction of sp³-hybridized carbons (Fsp3) is 0.647. The first-order valence-electron chi connectivity index (χ1n) is 8.06. The fourth-order valence-electron chi connectivity index (χ4n) is 2.91. The zero-order chi connectivity index (χ0) is 17.6. The lowest BCUT2D eigenvalue weighted by molar-refractivity contribution is -0.187. The number of hydrogen-bond acceptors (Lipinski definition) is 4. The van der Waals surface area contributed by atoms with Gasteiger partial charge in [0.2, 0.25) is 0 Å². The average Bonchev–Trinajstić information content (AvgIpc) is 2.54. The lowest BCUT2D eigenvalue weighted by Crippen LogP contribution is -2.45. The third-order valence-corrected chi connectivity index (χ3v) is 4.15. The number of halogens is 3. The average molecular weight is 347 g/mol. The number of alkyl halides is 3. The Morgan fingerprint density at radius 1 is 1.38 bits per heavy atom. The maximum absolute atomic E-state index is 12.8. The number of ether oxygens (including phenoxy) is 2. The molecule has 4 nitrogen and oxygen atoms in total. The molecule has 0 spiro atoms. The van der Waals surface area contributed by atoms with E-state index in [1.807, 2.05) is 24.3 Å². The van der Waals surface area contributed by atoms with Crippen LogP contribution in [0.15, 0.2) is 24.3 Å². The van der Waals surface area contributed by atoms with E-state index in [2.05, 4.69) is 0 Å². The van der Waals surface area contributed by atoms with Gasteiger partial charge in [-0.3, -0.25) is 0 Å². The fourth-order valence-corrected chi connectivity index (χ4v) is 2.91. The van der Waals surface area contributed by atoms with Gasteiger partial charge in [-0.25, -0.2) is 0 Å². The Bertz CT molecular complexity index is 510. The number of benzene rings is 1. The third kappa shape index (κ3) is 5.96. The SMILES string of the molecule is COc1cccc(COC[C@H](O)CN2CCC[C@H](C(F)(F)F)C2)c1. The molecule has 2 rings (SSSR count). The molecule has 0 aliphatic carbocycles. The van der Waals surface area contributed by atoms with E-state index in [4.69, 9.17) is 9.47 Å². The van der Waals surface area contributed by atoms with Crippen LogP contribution < -0.4 is 4.74 Å². The smallest absolute Gasteiger partial charge is 0.393 e. The molecule has 0 aromatic heterocycles. The Morgan fingerprint density at radius 3 is 2.88 bits per heavy atom. The van der Waals surface area contributed by atoms with E-state index in [1.54, 1.807) is 12.0 Å². The molecule has 136 valence electrons. The van der Waals surface area contributed by atoms with Crippen LogP contribution in [0.2, 0.25) is 0 Å². The zero-order valence-corrected chi connectivity index (χ0v) is 13.8. The van der Waals surface area contributed by atoms with Crippen LogP contribution in [0.5, 0.6) is 5.75 Å². The molecule has 2 atom stereocenters. The standard InChI is InChI=1S/C17H24F3NO3/c1-23-16-6-2-4-13(8-16)11-24-12-15(22)10-21-7-3-5-14(9-21)17(18,19)20/h2,4,6,8,14-15,22H,3,5,7,9-12H2,1H3/t14-,15+/m0/s1. The first-order chi connectivity index (χ1) is 11.4. The number of aliphatic hydroxyl groups is 1. The molecule has 1 aliphatic rings. The Kier molecular flexibility index (Phi) is 6.89. The van der Waals surface area contributed by atoms with Gasteiger partial charge in [0, 0.05) is 13.1 Å². The highest BCUT2D eigenvalue weighted by atomic mass is 19.4. The van der Waals surface area contributed by atoms with E-state index < -0.39 is 18.2 Å². The summed E-state index contributed by atoms with van der Waals surface area (Å²) in [5.74, 6) is -0.570. The Hall–Kier alpha value is -1.31. The number of piperidine rings is 1. The van der Waals surface area contributed by atoms with E-state index in [0.717, 1.165) is 11.3 Å². The summed E-state index contributed by atoms with van der Waals surface area (Å²) in [7, 11) is 1.58. The van der Waals surface area contributed by atoms with Gasteiger partial charge >= 0.3 is 6.18 Å². The number of aliphatic hydroxyl groups excluding tert-OH is 1. The Labute approximate surface area is 140 Å². The van der Waals surface area contributed by atoms with E-state index >= 15 is 0 Å². The lowest BCUT2D eigenvalue weighted by atomic mass is 9.97. The number of rotatable bonds is 7. The van der Waals surface area contributed by atoms with Crippen molar-refractivity contribution < 1.29 is 27.8 Å². The number of hydrogen-bond donors (Lipinski definition) is 1. The second-order valence-electron chi connectivity index (χ2n) is 6.16. The monoisotopic (exact) mass is 347 g/mol. The van der Waals surface area contributed by atoms with Crippen molar-refractivity contribution in [2.45, 2.75) is 31.7 Å². The maximum atomic E-state index is 12.8. The van der Waals surface area contributed by atoms with Crippen LogP contribution in [0.4, 0.5) is 13.2 Å². The van der Waals surface area contributed by atoms with E-state index in [-0.39, 0.29) is 26.1 Å². The molecule has 1 heterocycles. The number of methoxy groups -OCH3 is 1. The van der Waals surface area contributed by atoms with Crippen molar-refractivity contribution in [2.24, 2.45) is 5.92 Å². The molecule has 1 aromatic rings. The summed E-state index contributed by atoms with van der Waals surface area (Å²) in [6, 6.07) is 7.39. The highest BCUT2D eigenvalue weighted by Crippen LogP contribution is 2.33. The van der Waals surface area contributed by atoms with Crippen molar-refractivity contribution in [3.8, 4) is 5.75 Å². The molecule has 7 heteroatoms. The maximum Gasteiger partial charge on any atom is 0.393 e. The predicted octanol–water partition coefficient (Wildman–Crippen LogP) is 2.85. The predicted molar refractivity (Wildman–Crippen MR) is 83.9 cm³/mol. The van der Waals surface area contributed by atoms with Crippen LogP contribution in [0.3, 0.4) is 0 Å². The minimum absolute atomic E-state index is 0.0452. The van der Waals surface area contributed by atoms with Crippen LogP contribution in [-0.2, 0) is 11.3 Å². The molecule has 0 radical (unpaired) electrons. The first kappa shape index (κ1) is 19.0. The summed E-state index contributed by atoms with van der Waals surface area (Å²) in [5, 5.41) is 10.00. The summed E-state index contributed by atoms with van der Waals surface area (Å²) in [5.41, 5.74) is 0.914. The molecule has 1 aromatic carbocycles. The number of β-amino-alcohol motifs (C(OH)–C–C–N with tert-alkyl or cyclic N) is 1. The number of likely N-dealkylation sites (tertiary alicyclic amines) is 1. The summed E-state index contributed by atoms with van der Waals surface area (Å²) in [6.07, 6.45) is -4.29. The largest absolute Gasteiger partial charge is 0.497 e. The van der Waals surface area contributed by atoms with Gasteiger partial charge in [-0.2, -0.15) is 13.2 Å². The first-order valence-corrected chi connectivity index (χ1v) is 8.06. The second kappa shape index (κ2) is 8.69. The van der Waals surface area contributed by atoms with Gasteiger partial charge < -0.3 is 19.5 Å². The van der Waals surface area contributed by atoms with Gasteiger partial charge in [0.15, 0.2) is 0 Å². The van der Waals surface area contributed by atoms with Crippen molar-refractivity contribution in [3.63, 3.8) is 0 Å². The normalized spacial score (nSPS) is 20.8. The van der Waals surface area contributed by atoms with Gasteiger partial charge in [0.1, 0.15) is 5.75 Å². The van der Waals surface area contributed by atoms with Crippen molar-refractivity contribution in [1.82, 2.24) is 4.90 Å². The number of nitrogens with zero attached hydrogens (tertiary/aromatic N) is 1. The van der Waals surface area contributed by atoms with E-state index in [9.17, 15) is 18.3 Å². The van der Waals surface area contributed by atoms with E-state index in [1.165, 1.54) is 0 Å². The summed E-state index contributed by atoms with van der Waals surface area (Å²) in [6.45, 7) is 1.14.